The van der Waals surface area contributed by atoms with Gasteiger partial charge in [-0.05, 0) is 72.5 Å². The molecule has 9 nitrogen and oxygen atoms in total. The van der Waals surface area contributed by atoms with Crippen LogP contribution in [0.5, 0.6) is 17.2 Å². The van der Waals surface area contributed by atoms with E-state index in [-0.39, 0.29) is 46.3 Å². The zero-order chi connectivity index (χ0) is 29.0. The lowest BCUT2D eigenvalue weighted by atomic mass is 9.97. The molecule has 0 atom stereocenters. The Labute approximate surface area is 229 Å². The third-order valence-corrected chi connectivity index (χ3v) is 6.43. The second-order valence-electron chi connectivity index (χ2n) is 9.16. The van der Waals surface area contributed by atoms with Crippen LogP contribution in [0.1, 0.15) is 47.8 Å². The first-order valence-electron chi connectivity index (χ1n) is 12.1. The minimum Gasteiger partial charge on any atom is -0.508 e. The van der Waals surface area contributed by atoms with E-state index < -0.39 is 11.9 Å². The smallest absolute Gasteiger partial charge is 0.335 e. The zero-order valence-electron chi connectivity index (χ0n) is 21.6. The predicted molar refractivity (Wildman–Crippen MR) is 147 cm³/mol. The Bertz CT molecular complexity index is 1660. The lowest BCUT2D eigenvalue weighted by molar-refractivity contribution is -0.120. The number of hydrogen-bond acceptors (Lipinski definition) is 7. The van der Waals surface area contributed by atoms with Gasteiger partial charge in [0.05, 0.1) is 11.3 Å². The molecule has 9 heteroatoms. The number of phenolic OH excluding ortho intramolecular Hbond substituents is 2. The number of aromatic hydroxyl groups is 2. The summed E-state index contributed by atoms with van der Waals surface area (Å²) in [4.78, 5) is 47.5. The first-order valence-corrected chi connectivity index (χ1v) is 12.1. The molecule has 0 saturated carbocycles. The maximum absolute atomic E-state index is 12.8. The normalized spacial score (nSPS) is 10.6. The molecule has 4 aromatic rings. The van der Waals surface area contributed by atoms with E-state index >= 15 is 0 Å². The van der Waals surface area contributed by atoms with Crippen molar-refractivity contribution in [2.75, 3.05) is 5.32 Å². The molecule has 1 amide bonds. The summed E-state index contributed by atoms with van der Waals surface area (Å²) < 4.78 is 4.90. The Balaban J connectivity index is 1.49. The number of ether oxygens (including phenoxy) is 1. The molecule has 0 saturated heterocycles. The van der Waals surface area contributed by atoms with Crippen LogP contribution in [0, 0.1) is 13.8 Å². The van der Waals surface area contributed by atoms with Gasteiger partial charge < -0.3 is 25.4 Å². The maximum Gasteiger partial charge on any atom is 0.335 e. The predicted octanol–water partition coefficient (Wildman–Crippen LogP) is 5.29. The van der Waals surface area contributed by atoms with Gasteiger partial charge in [0.15, 0.2) is 5.78 Å². The highest BCUT2D eigenvalue weighted by Gasteiger charge is 2.16. The van der Waals surface area contributed by atoms with E-state index in [9.17, 15) is 34.5 Å². The van der Waals surface area contributed by atoms with Crippen molar-refractivity contribution in [3.05, 3.63) is 106 Å². The number of anilines is 1. The van der Waals surface area contributed by atoms with E-state index in [1.165, 1.54) is 42.5 Å². The van der Waals surface area contributed by atoms with Crippen LogP contribution in [-0.2, 0) is 11.2 Å². The average molecular weight is 540 g/mol. The van der Waals surface area contributed by atoms with Crippen molar-refractivity contribution in [3.8, 4) is 28.4 Å². The third-order valence-electron chi connectivity index (χ3n) is 6.43. The highest BCUT2D eigenvalue weighted by Crippen LogP contribution is 2.33. The van der Waals surface area contributed by atoms with Crippen molar-refractivity contribution < 1.29 is 39.2 Å². The molecule has 0 aliphatic carbocycles. The number of ketones is 1. The minimum atomic E-state index is -1.15. The largest absolute Gasteiger partial charge is 0.508 e. The molecular weight excluding hydrogens is 514 g/mol. The Hall–Kier alpha value is -5.44. The number of aromatic carboxylic acids is 1. The number of phenols is 2. The molecule has 202 valence electrons. The molecule has 4 aromatic carbocycles. The van der Waals surface area contributed by atoms with Gasteiger partial charge in [0, 0.05) is 23.1 Å². The summed E-state index contributed by atoms with van der Waals surface area (Å²) in [5.41, 5.74) is 3.29. The van der Waals surface area contributed by atoms with Crippen LogP contribution in [0.3, 0.4) is 0 Å². The fourth-order valence-electron chi connectivity index (χ4n) is 4.13. The van der Waals surface area contributed by atoms with Crippen LogP contribution >= 0.6 is 0 Å². The number of nitrogens with one attached hydrogen (secondary N) is 1. The van der Waals surface area contributed by atoms with E-state index in [1.54, 1.807) is 44.2 Å². The van der Waals surface area contributed by atoms with E-state index in [0.29, 0.717) is 39.9 Å². The van der Waals surface area contributed by atoms with Crippen LogP contribution in [0.4, 0.5) is 5.69 Å². The molecule has 0 aromatic heterocycles. The molecule has 0 bridgehead atoms. The summed E-state index contributed by atoms with van der Waals surface area (Å²) >= 11 is 0. The summed E-state index contributed by atoms with van der Waals surface area (Å²) in [7, 11) is 0. The number of aryl methyl sites for hydroxylation is 2. The lowest BCUT2D eigenvalue weighted by Crippen LogP contribution is -2.13. The molecule has 0 aliphatic heterocycles. The van der Waals surface area contributed by atoms with Gasteiger partial charge in [0.2, 0.25) is 0 Å². The number of Topliss-reactive ketones (excluding diaryl/α,β-unsaturated/α-hetero) is 1. The van der Waals surface area contributed by atoms with Crippen molar-refractivity contribution in [1.82, 2.24) is 0 Å². The topological polar surface area (TPSA) is 150 Å². The standard InChI is InChI=1S/C31H25NO8/c1-17-3-6-23(11-24(17)31(38)39)30(37)32-25-10-9-20(13-28(25)36)19-7-8-21(26(34)12-19)14-27(35)22-5-4-18(2)29(15-22)40-16-33/h3-13,15-16,34,36H,14H2,1-2H3,(H,32,37)(H,38,39). The lowest BCUT2D eigenvalue weighted by Gasteiger charge is -2.12. The molecule has 0 heterocycles. The van der Waals surface area contributed by atoms with Crippen molar-refractivity contribution in [1.29, 1.82) is 0 Å². The van der Waals surface area contributed by atoms with Gasteiger partial charge in [-0.3, -0.25) is 14.4 Å². The van der Waals surface area contributed by atoms with E-state index in [2.05, 4.69) is 5.32 Å². The summed E-state index contributed by atoms with van der Waals surface area (Å²) in [6.45, 7) is 3.67. The highest BCUT2D eigenvalue weighted by atomic mass is 16.5. The average Bonchev–Trinajstić information content (AvgIpc) is 2.92. The molecular formula is C31H25NO8. The van der Waals surface area contributed by atoms with Crippen LogP contribution in [0.25, 0.3) is 11.1 Å². The molecule has 0 fully saturated rings. The number of carbonyl (C=O) groups is 4. The van der Waals surface area contributed by atoms with E-state index in [0.717, 1.165) is 0 Å². The molecule has 4 N–H and O–H groups in total. The van der Waals surface area contributed by atoms with Crippen LogP contribution in [-0.4, -0.2) is 39.5 Å². The second-order valence-corrected chi connectivity index (χ2v) is 9.16. The molecule has 40 heavy (non-hydrogen) atoms. The van der Waals surface area contributed by atoms with Gasteiger partial charge >= 0.3 is 5.97 Å². The number of hydrogen-bond donors (Lipinski definition) is 4. The SMILES string of the molecule is Cc1ccc(C(=O)Cc2ccc(-c3ccc(NC(=O)c4ccc(C)c(C(=O)O)c4)c(O)c3)cc2O)cc1OC=O. The van der Waals surface area contributed by atoms with Crippen LogP contribution < -0.4 is 10.1 Å². The van der Waals surface area contributed by atoms with Gasteiger partial charge in [-0.15, -0.1) is 0 Å². The quantitative estimate of drug-likeness (QED) is 0.127. The van der Waals surface area contributed by atoms with Gasteiger partial charge in [-0.2, -0.15) is 0 Å². The first-order chi connectivity index (χ1) is 19.1. The van der Waals surface area contributed by atoms with Gasteiger partial charge in [0.25, 0.3) is 12.4 Å². The molecule has 4 rings (SSSR count). The Morgan fingerprint density at radius 3 is 2.10 bits per heavy atom. The summed E-state index contributed by atoms with van der Waals surface area (Å²) in [6, 6.07) is 18.3. The summed E-state index contributed by atoms with van der Waals surface area (Å²) in [5.74, 6) is -2.08. The van der Waals surface area contributed by atoms with E-state index in [1.807, 2.05) is 0 Å². The van der Waals surface area contributed by atoms with Gasteiger partial charge in [-0.25, -0.2) is 4.79 Å². The number of benzene rings is 4. The number of carbonyl (C=O) groups excluding carboxylic acids is 3. The molecule has 0 spiro atoms. The summed E-state index contributed by atoms with van der Waals surface area (Å²) in [5, 5.41) is 33.0. The first kappa shape index (κ1) is 27.6. The Kier molecular flexibility index (Phi) is 7.95. The summed E-state index contributed by atoms with van der Waals surface area (Å²) in [6.07, 6.45) is -0.0888. The van der Waals surface area contributed by atoms with Crippen molar-refractivity contribution in [3.63, 3.8) is 0 Å². The van der Waals surface area contributed by atoms with Crippen molar-refractivity contribution in [2.24, 2.45) is 0 Å². The second kappa shape index (κ2) is 11.5. The maximum atomic E-state index is 12.8. The van der Waals surface area contributed by atoms with Gasteiger partial charge in [0.1, 0.15) is 17.2 Å². The monoisotopic (exact) mass is 539 g/mol. The van der Waals surface area contributed by atoms with Crippen molar-refractivity contribution >= 4 is 29.8 Å². The number of carboxylic acid groups (broad SMARTS) is 1. The zero-order valence-corrected chi connectivity index (χ0v) is 21.6. The highest BCUT2D eigenvalue weighted by molar-refractivity contribution is 6.06. The van der Waals surface area contributed by atoms with Gasteiger partial charge in [-0.1, -0.05) is 36.4 Å². The Morgan fingerprint density at radius 1 is 0.800 bits per heavy atom. The fraction of sp³-hybridized carbons (Fsp3) is 0.0968. The van der Waals surface area contributed by atoms with E-state index in [4.69, 9.17) is 4.74 Å². The third kappa shape index (κ3) is 5.99. The van der Waals surface area contributed by atoms with Crippen LogP contribution in [0.15, 0.2) is 72.8 Å². The molecule has 0 aliphatic rings. The number of amides is 1. The Morgan fingerprint density at radius 2 is 1.45 bits per heavy atom. The molecule has 0 unspecified atom stereocenters. The van der Waals surface area contributed by atoms with Crippen LogP contribution in [0.2, 0.25) is 0 Å². The molecule has 0 radical (unpaired) electrons. The minimum absolute atomic E-state index is 0.00713. The number of carboxylic acids is 1. The fourth-order valence-corrected chi connectivity index (χ4v) is 4.13. The number of rotatable bonds is 9. The van der Waals surface area contributed by atoms with Crippen molar-refractivity contribution in [2.45, 2.75) is 20.3 Å².